The van der Waals surface area contributed by atoms with Crippen LogP contribution in [0, 0.1) is 0 Å². The van der Waals surface area contributed by atoms with Gasteiger partial charge in [-0.25, -0.2) is 19.4 Å². The van der Waals surface area contributed by atoms with Crippen LogP contribution in [0.25, 0.3) is 11.3 Å². The lowest BCUT2D eigenvalue weighted by Crippen LogP contribution is -2.09. The molecule has 1 aliphatic rings. The number of aliphatic imine (C=N–C) groups is 1. The second-order valence-corrected chi connectivity index (χ2v) is 8.55. The normalized spacial score (nSPS) is 12.2. The van der Waals surface area contributed by atoms with Gasteiger partial charge in [-0.3, -0.25) is 4.79 Å². The summed E-state index contributed by atoms with van der Waals surface area (Å²) in [5.74, 6) is -4.81. The van der Waals surface area contributed by atoms with Crippen molar-refractivity contribution in [2.45, 2.75) is 6.54 Å². The summed E-state index contributed by atoms with van der Waals surface area (Å²) in [6.07, 6.45) is 0. The smallest absolute Gasteiger partial charge is 0.335 e. The molecule has 0 spiro atoms. The molecule has 0 saturated heterocycles. The number of carbonyl (C=O) groups is 4. The van der Waals surface area contributed by atoms with Gasteiger partial charge < -0.3 is 25.0 Å². The maximum Gasteiger partial charge on any atom is 0.335 e. The van der Waals surface area contributed by atoms with Gasteiger partial charge in [0.15, 0.2) is 0 Å². The monoisotopic (exact) mass is 510 g/mol. The van der Waals surface area contributed by atoms with Crippen molar-refractivity contribution in [2.24, 2.45) is 4.99 Å². The predicted molar refractivity (Wildman–Crippen MR) is 134 cm³/mol. The van der Waals surface area contributed by atoms with Crippen molar-refractivity contribution in [1.82, 2.24) is 4.57 Å². The van der Waals surface area contributed by atoms with Crippen LogP contribution >= 0.6 is 0 Å². The highest BCUT2D eigenvalue weighted by Crippen LogP contribution is 2.41. The molecule has 5 rings (SSSR count). The van der Waals surface area contributed by atoms with Crippen molar-refractivity contribution < 1.29 is 39.6 Å². The van der Waals surface area contributed by atoms with E-state index in [9.17, 15) is 39.6 Å². The van der Waals surface area contributed by atoms with E-state index >= 15 is 0 Å². The molecule has 38 heavy (non-hydrogen) atoms. The van der Waals surface area contributed by atoms with Gasteiger partial charge in [0.25, 0.3) is 5.91 Å². The molecule has 2 heterocycles. The maximum atomic E-state index is 13.2. The van der Waals surface area contributed by atoms with Crippen LogP contribution in [0.3, 0.4) is 0 Å². The molecule has 0 bridgehead atoms. The van der Waals surface area contributed by atoms with Crippen LogP contribution in [0.5, 0.6) is 5.88 Å². The lowest BCUT2D eigenvalue weighted by atomic mass is 9.99. The van der Waals surface area contributed by atoms with Crippen LogP contribution in [-0.4, -0.2) is 54.5 Å². The minimum absolute atomic E-state index is 0.0278. The third-order valence-corrected chi connectivity index (χ3v) is 6.16. The van der Waals surface area contributed by atoms with Crippen molar-refractivity contribution in [3.8, 4) is 17.1 Å². The Balaban J connectivity index is 1.73. The Bertz CT molecular complexity index is 1670. The molecular weight excluding hydrogens is 492 g/mol. The summed E-state index contributed by atoms with van der Waals surface area (Å²) in [6, 6.07) is 18.1. The zero-order valence-electron chi connectivity index (χ0n) is 19.5. The lowest BCUT2D eigenvalue weighted by molar-refractivity contribution is 0.0682. The highest BCUT2D eigenvalue weighted by molar-refractivity contribution is 6.30. The number of nitrogens with zero attached hydrogens (tertiary/aromatic N) is 2. The molecule has 0 saturated carbocycles. The van der Waals surface area contributed by atoms with Gasteiger partial charge in [-0.1, -0.05) is 42.5 Å². The second-order valence-electron chi connectivity index (χ2n) is 8.55. The van der Waals surface area contributed by atoms with Gasteiger partial charge in [-0.15, -0.1) is 0 Å². The summed E-state index contributed by atoms with van der Waals surface area (Å²) >= 11 is 0. The van der Waals surface area contributed by atoms with Gasteiger partial charge in [0.05, 0.1) is 45.8 Å². The number of rotatable bonds is 7. The molecule has 4 aromatic rings. The average molecular weight is 510 g/mol. The Hall–Kier alpha value is -5.51. The fourth-order valence-corrected chi connectivity index (χ4v) is 4.52. The third-order valence-electron chi connectivity index (χ3n) is 6.16. The first-order valence-electron chi connectivity index (χ1n) is 11.2. The SMILES string of the molecule is O=C(O)c1cc(Cn2c(O)c3c(c2-c2ccccc2)C(=O)N=C3c2cccc(C(=O)O)c2)cc(C(=O)O)c1. The van der Waals surface area contributed by atoms with E-state index in [1.54, 1.807) is 36.4 Å². The molecule has 4 N–H and O–H groups in total. The molecule has 1 aliphatic heterocycles. The van der Waals surface area contributed by atoms with Gasteiger partial charge in [-0.05, 0) is 41.5 Å². The number of amides is 1. The first-order chi connectivity index (χ1) is 18.2. The van der Waals surface area contributed by atoms with Gasteiger partial charge in [0, 0.05) is 5.56 Å². The summed E-state index contributed by atoms with van der Waals surface area (Å²) in [7, 11) is 0. The first kappa shape index (κ1) is 24.2. The van der Waals surface area contributed by atoms with Crippen LogP contribution in [-0.2, 0) is 6.54 Å². The first-order valence-corrected chi connectivity index (χ1v) is 11.2. The minimum atomic E-state index is -1.32. The molecule has 10 nitrogen and oxygen atoms in total. The molecule has 0 fully saturated rings. The van der Waals surface area contributed by atoms with Crippen LogP contribution in [0.4, 0.5) is 0 Å². The lowest BCUT2D eigenvalue weighted by Gasteiger charge is -2.14. The third kappa shape index (κ3) is 4.09. The summed E-state index contributed by atoms with van der Waals surface area (Å²) in [6.45, 7) is -0.166. The number of aromatic hydroxyl groups is 1. The molecular formula is C28H18N2O8. The molecule has 1 aromatic heterocycles. The Morgan fingerprint density at radius 1 is 0.711 bits per heavy atom. The summed E-state index contributed by atoms with van der Waals surface area (Å²) in [5, 5.41) is 39.8. The summed E-state index contributed by atoms with van der Waals surface area (Å²) in [5.41, 5.74) is 1.20. The Morgan fingerprint density at radius 3 is 1.92 bits per heavy atom. The van der Waals surface area contributed by atoms with Gasteiger partial charge in [-0.2, -0.15) is 0 Å². The highest BCUT2D eigenvalue weighted by atomic mass is 16.4. The number of hydrogen-bond donors (Lipinski definition) is 4. The van der Waals surface area contributed by atoms with Crippen molar-refractivity contribution in [3.05, 3.63) is 112 Å². The fourth-order valence-electron chi connectivity index (χ4n) is 4.52. The van der Waals surface area contributed by atoms with E-state index in [1.807, 2.05) is 0 Å². The zero-order chi connectivity index (χ0) is 27.1. The zero-order valence-corrected chi connectivity index (χ0v) is 19.5. The summed E-state index contributed by atoms with van der Waals surface area (Å²) in [4.78, 5) is 52.0. The molecule has 0 atom stereocenters. The van der Waals surface area contributed by atoms with Gasteiger partial charge in [0.1, 0.15) is 0 Å². The van der Waals surface area contributed by atoms with Gasteiger partial charge >= 0.3 is 17.9 Å². The number of aromatic nitrogens is 1. The van der Waals surface area contributed by atoms with E-state index in [1.165, 1.54) is 34.9 Å². The second kappa shape index (κ2) is 9.17. The molecule has 3 aromatic carbocycles. The molecule has 1 amide bonds. The number of carboxylic acids is 3. The van der Waals surface area contributed by atoms with Crippen LogP contribution in [0.1, 0.15) is 58.1 Å². The molecule has 188 valence electrons. The van der Waals surface area contributed by atoms with Crippen LogP contribution in [0.15, 0.2) is 77.8 Å². The van der Waals surface area contributed by atoms with E-state index in [4.69, 9.17) is 0 Å². The van der Waals surface area contributed by atoms with E-state index in [0.29, 0.717) is 16.8 Å². The Kier molecular flexibility index (Phi) is 5.84. The van der Waals surface area contributed by atoms with Crippen molar-refractivity contribution in [3.63, 3.8) is 0 Å². The molecule has 0 unspecified atom stereocenters. The van der Waals surface area contributed by atoms with E-state index in [0.717, 1.165) is 6.07 Å². The summed E-state index contributed by atoms with van der Waals surface area (Å²) < 4.78 is 1.39. The molecule has 10 heteroatoms. The highest BCUT2D eigenvalue weighted by Gasteiger charge is 2.36. The number of carboxylic acid groups (broad SMARTS) is 3. The van der Waals surface area contributed by atoms with E-state index < -0.39 is 23.8 Å². The standard InChI is InChI=1S/C28H18N2O8/c31-24-21-20(22(29-24)16-7-4-8-17(11-16)26(33)34)25(32)30(23(21)15-5-2-1-3-6-15)13-14-9-18(27(35)36)12-19(10-14)28(37)38/h1-12,32H,13H2,(H,33,34)(H,35,36)(H,37,38). The number of benzene rings is 3. The number of hydrogen-bond acceptors (Lipinski definition) is 5. The van der Waals surface area contributed by atoms with Crippen LogP contribution < -0.4 is 0 Å². The largest absolute Gasteiger partial charge is 0.494 e. The van der Waals surface area contributed by atoms with Crippen molar-refractivity contribution in [1.29, 1.82) is 0 Å². The van der Waals surface area contributed by atoms with Crippen molar-refractivity contribution >= 4 is 29.5 Å². The fraction of sp³-hybridized carbons (Fsp3) is 0.0357. The Morgan fingerprint density at radius 2 is 1.32 bits per heavy atom. The predicted octanol–water partition coefficient (Wildman–Crippen LogP) is 3.99. The van der Waals surface area contributed by atoms with E-state index in [2.05, 4.69) is 4.99 Å². The minimum Gasteiger partial charge on any atom is -0.494 e. The maximum absolute atomic E-state index is 13.2. The van der Waals surface area contributed by atoms with Crippen LogP contribution in [0.2, 0.25) is 0 Å². The Labute approximate surface area is 214 Å². The number of fused-ring (bicyclic) bond motifs is 1. The van der Waals surface area contributed by atoms with Crippen molar-refractivity contribution in [2.75, 3.05) is 0 Å². The number of aromatic carboxylic acids is 3. The average Bonchev–Trinajstić information content (AvgIpc) is 3.39. The molecule has 0 aliphatic carbocycles. The topological polar surface area (TPSA) is 166 Å². The number of carbonyl (C=O) groups excluding carboxylic acids is 1. The van der Waals surface area contributed by atoms with E-state index in [-0.39, 0.29) is 51.5 Å². The van der Waals surface area contributed by atoms with Gasteiger partial charge in [0.2, 0.25) is 5.88 Å². The quantitative estimate of drug-likeness (QED) is 0.289. The molecule has 0 radical (unpaired) electrons.